The second kappa shape index (κ2) is 4.66. The maximum Gasteiger partial charge on any atom is 0.432 e. The van der Waals surface area contributed by atoms with Crippen molar-refractivity contribution in [1.82, 2.24) is 0 Å². The van der Waals surface area contributed by atoms with E-state index in [1.165, 1.54) is 0 Å². The summed E-state index contributed by atoms with van der Waals surface area (Å²) in [4.78, 5) is 0. The van der Waals surface area contributed by atoms with Gasteiger partial charge in [0.1, 0.15) is 5.41 Å². The normalized spacial score (nSPS) is 21.9. The van der Waals surface area contributed by atoms with Crippen LogP contribution in [-0.4, -0.2) is 24.2 Å². The van der Waals surface area contributed by atoms with Gasteiger partial charge in [0, 0.05) is 0 Å². The molecule has 1 aliphatic rings. The first-order valence-electron chi connectivity index (χ1n) is 5.60. The van der Waals surface area contributed by atoms with Crippen LogP contribution in [0.1, 0.15) is 32.1 Å². The fraction of sp³-hybridized carbons (Fsp3) is 1.00. The van der Waals surface area contributed by atoms with E-state index in [9.17, 15) is 43.9 Å². The first-order valence-corrected chi connectivity index (χ1v) is 5.60. The Morgan fingerprint density at radius 2 is 0.900 bits per heavy atom. The average Bonchev–Trinajstić information content (AvgIpc) is 2.24. The molecule has 0 spiro atoms. The SMILES string of the molecule is FC(F)(F)C1(C(F)(C(F)(F)F)C(F)(F)F)CCCCC1. The van der Waals surface area contributed by atoms with Crippen LogP contribution in [0, 0.1) is 5.41 Å². The Hall–Kier alpha value is -0.700. The van der Waals surface area contributed by atoms with Gasteiger partial charge in [0.05, 0.1) is 0 Å². The van der Waals surface area contributed by atoms with Gasteiger partial charge in [-0.1, -0.05) is 19.3 Å². The van der Waals surface area contributed by atoms with Gasteiger partial charge in [-0.15, -0.1) is 0 Å². The van der Waals surface area contributed by atoms with E-state index in [0.29, 0.717) is 0 Å². The predicted molar refractivity (Wildman–Crippen MR) is 47.5 cm³/mol. The lowest BCUT2D eigenvalue weighted by Crippen LogP contribution is -2.69. The average molecular weight is 320 g/mol. The summed E-state index contributed by atoms with van der Waals surface area (Å²) >= 11 is 0. The number of alkyl halides is 10. The highest BCUT2D eigenvalue weighted by molar-refractivity contribution is 5.12. The lowest BCUT2D eigenvalue weighted by atomic mass is 9.62. The molecule has 10 heteroatoms. The number of hydrogen-bond acceptors (Lipinski definition) is 0. The molecule has 0 heterocycles. The molecule has 0 unspecified atom stereocenters. The monoisotopic (exact) mass is 320 g/mol. The van der Waals surface area contributed by atoms with Crippen LogP contribution in [0.2, 0.25) is 0 Å². The van der Waals surface area contributed by atoms with Gasteiger partial charge < -0.3 is 0 Å². The maximum absolute atomic E-state index is 13.9. The molecule has 0 N–H and O–H groups in total. The van der Waals surface area contributed by atoms with Gasteiger partial charge in [0.15, 0.2) is 0 Å². The molecule has 20 heavy (non-hydrogen) atoms. The van der Waals surface area contributed by atoms with E-state index in [1.54, 1.807) is 0 Å². The van der Waals surface area contributed by atoms with Gasteiger partial charge in [-0.3, -0.25) is 0 Å². The largest absolute Gasteiger partial charge is 0.432 e. The first-order chi connectivity index (χ1) is 8.71. The Kier molecular flexibility index (Phi) is 4.04. The number of rotatable bonds is 1. The molecule has 1 aliphatic carbocycles. The standard InChI is InChI=1S/C10H10F10/c11-7(9(15,16)17,10(18,19)20)6(8(12,13)14)4-2-1-3-5-6/h1-5H2. The van der Waals surface area contributed by atoms with E-state index in [-0.39, 0.29) is 6.42 Å². The third-order valence-corrected chi connectivity index (χ3v) is 3.69. The van der Waals surface area contributed by atoms with E-state index in [2.05, 4.69) is 0 Å². The summed E-state index contributed by atoms with van der Waals surface area (Å²) in [5.41, 5.74) is -10.8. The van der Waals surface area contributed by atoms with Crippen LogP contribution in [0.25, 0.3) is 0 Å². The molecule has 1 rings (SSSR count). The van der Waals surface area contributed by atoms with E-state index in [0.717, 1.165) is 0 Å². The number of halogens is 10. The van der Waals surface area contributed by atoms with E-state index < -0.39 is 55.3 Å². The minimum absolute atomic E-state index is 0.0314. The Balaban J connectivity index is 3.57. The quantitative estimate of drug-likeness (QED) is 0.573. The lowest BCUT2D eigenvalue weighted by Gasteiger charge is -2.49. The highest BCUT2D eigenvalue weighted by Gasteiger charge is 2.86. The zero-order chi connectivity index (χ0) is 16.0. The topological polar surface area (TPSA) is 0 Å². The molecule has 1 fully saturated rings. The molecule has 120 valence electrons. The molecule has 0 aromatic carbocycles. The first kappa shape index (κ1) is 17.4. The summed E-state index contributed by atoms with van der Waals surface area (Å²) in [6, 6.07) is 0. The van der Waals surface area contributed by atoms with Crippen LogP contribution in [0.15, 0.2) is 0 Å². The molecule has 0 aliphatic heterocycles. The Labute approximate surface area is 107 Å². The summed E-state index contributed by atoms with van der Waals surface area (Å²) in [5.74, 6) is 0. The molecule has 0 aromatic heterocycles. The third-order valence-electron chi connectivity index (χ3n) is 3.69. The highest BCUT2D eigenvalue weighted by atomic mass is 19.4. The van der Waals surface area contributed by atoms with Crippen LogP contribution in [-0.2, 0) is 0 Å². The minimum Gasteiger partial charge on any atom is -0.223 e. The van der Waals surface area contributed by atoms with Crippen LogP contribution in [0.5, 0.6) is 0 Å². The number of hydrogen-bond donors (Lipinski definition) is 0. The fourth-order valence-electron chi connectivity index (χ4n) is 2.68. The van der Waals surface area contributed by atoms with Gasteiger partial charge >= 0.3 is 24.2 Å². The van der Waals surface area contributed by atoms with E-state index in [1.807, 2.05) is 0 Å². The van der Waals surface area contributed by atoms with Gasteiger partial charge in [0.2, 0.25) is 0 Å². The summed E-state index contributed by atoms with van der Waals surface area (Å²) in [6.07, 6.45) is -23.5. The Morgan fingerprint density at radius 3 is 1.15 bits per heavy atom. The van der Waals surface area contributed by atoms with Crippen LogP contribution in [0.4, 0.5) is 43.9 Å². The molecule has 0 saturated heterocycles. The van der Waals surface area contributed by atoms with Crippen molar-refractivity contribution in [3.05, 3.63) is 0 Å². The van der Waals surface area contributed by atoms with Gasteiger partial charge in [-0.25, -0.2) is 4.39 Å². The van der Waals surface area contributed by atoms with Crippen molar-refractivity contribution in [2.75, 3.05) is 0 Å². The van der Waals surface area contributed by atoms with Gasteiger partial charge in [-0.2, -0.15) is 39.5 Å². The van der Waals surface area contributed by atoms with E-state index >= 15 is 0 Å². The third kappa shape index (κ3) is 2.24. The predicted octanol–water partition coefficient (Wildman–Crippen LogP) is 5.33. The minimum atomic E-state index is -6.70. The van der Waals surface area contributed by atoms with Crippen molar-refractivity contribution < 1.29 is 43.9 Å². The molecular formula is C10H10F10. The van der Waals surface area contributed by atoms with E-state index in [4.69, 9.17) is 0 Å². The van der Waals surface area contributed by atoms with Crippen molar-refractivity contribution >= 4 is 0 Å². The van der Waals surface area contributed by atoms with Crippen LogP contribution in [0.3, 0.4) is 0 Å². The second-order valence-electron chi connectivity index (χ2n) is 4.79. The molecule has 0 radical (unpaired) electrons. The van der Waals surface area contributed by atoms with Crippen molar-refractivity contribution in [1.29, 1.82) is 0 Å². The van der Waals surface area contributed by atoms with Gasteiger partial charge in [-0.05, 0) is 12.8 Å². The maximum atomic E-state index is 13.9. The zero-order valence-corrected chi connectivity index (χ0v) is 9.82. The smallest absolute Gasteiger partial charge is 0.223 e. The van der Waals surface area contributed by atoms with Crippen LogP contribution < -0.4 is 0 Å². The summed E-state index contributed by atoms with van der Waals surface area (Å²) in [7, 11) is 0. The summed E-state index contributed by atoms with van der Waals surface area (Å²) in [6.45, 7) is 0. The molecule has 0 nitrogen and oxygen atoms in total. The summed E-state index contributed by atoms with van der Waals surface area (Å²) < 4.78 is 128. The lowest BCUT2D eigenvalue weighted by molar-refractivity contribution is -0.421. The highest BCUT2D eigenvalue weighted by Crippen LogP contribution is 2.66. The molecular weight excluding hydrogens is 310 g/mol. The Morgan fingerprint density at radius 1 is 0.550 bits per heavy atom. The molecule has 0 amide bonds. The van der Waals surface area contributed by atoms with Crippen molar-refractivity contribution in [3.63, 3.8) is 0 Å². The molecule has 0 atom stereocenters. The van der Waals surface area contributed by atoms with Crippen LogP contribution >= 0.6 is 0 Å². The second-order valence-corrected chi connectivity index (χ2v) is 4.79. The molecule has 0 bridgehead atoms. The van der Waals surface area contributed by atoms with Crippen molar-refractivity contribution in [3.8, 4) is 0 Å². The fourth-order valence-corrected chi connectivity index (χ4v) is 2.68. The zero-order valence-electron chi connectivity index (χ0n) is 9.82. The molecule has 0 aromatic rings. The van der Waals surface area contributed by atoms with Crippen molar-refractivity contribution in [2.24, 2.45) is 5.41 Å². The Bertz CT molecular complexity index is 327. The van der Waals surface area contributed by atoms with Gasteiger partial charge in [0.25, 0.3) is 0 Å². The summed E-state index contributed by atoms with van der Waals surface area (Å²) in [5, 5.41) is 0. The molecule has 1 saturated carbocycles. The van der Waals surface area contributed by atoms with Crippen molar-refractivity contribution in [2.45, 2.75) is 56.3 Å².